The Labute approximate surface area is 119 Å². The van der Waals surface area contributed by atoms with E-state index in [1.807, 2.05) is 26.0 Å². The first kappa shape index (κ1) is 13.6. The highest BCUT2D eigenvalue weighted by molar-refractivity contribution is 9.10. The molecule has 0 spiro atoms. The molecular formula is C14H15BrO2S. The van der Waals surface area contributed by atoms with Crippen LogP contribution in [0.3, 0.4) is 0 Å². The van der Waals surface area contributed by atoms with Crippen LogP contribution in [0.15, 0.2) is 28.7 Å². The number of benzene rings is 1. The molecule has 0 aliphatic rings. The zero-order valence-corrected chi connectivity index (χ0v) is 13.0. The van der Waals surface area contributed by atoms with E-state index in [0.717, 1.165) is 4.47 Å². The summed E-state index contributed by atoms with van der Waals surface area (Å²) in [5, 5.41) is 1.21. The van der Waals surface area contributed by atoms with Crippen LogP contribution in [0.5, 0.6) is 0 Å². The SMILES string of the molecule is COC(=O)C(C)(C)Cc1cc2c(Br)cccc2s1. The molecule has 18 heavy (non-hydrogen) atoms. The van der Waals surface area contributed by atoms with Crippen LogP contribution in [0.1, 0.15) is 18.7 Å². The molecule has 0 saturated carbocycles. The molecule has 2 aromatic rings. The number of methoxy groups -OCH3 is 1. The predicted molar refractivity (Wildman–Crippen MR) is 79.0 cm³/mol. The molecule has 96 valence electrons. The van der Waals surface area contributed by atoms with E-state index in [1.165, 1.54) is 22.1 Å². The van der Waals surface area contributed by atoms with Crippen molar-refractivity contribution in [1.82, 2.24) is 0 Å². The summed E-state index contributed by atoms with van der Waals surface area (Å²) in [7, 11) is 1.44. The van der Waals surface area contributed by atoms with Crippen molar-refractivity contribution in [2.45, 2.75) is 20.3 Å². The fourth-order valence-electron chi connectivity index (χ4n) is 1.95. The molecule has 0 amide bonds. The van der Waals surface area contributed by atoms with Crippen LogP contribution in [-0.2, 0) is 16.0 Å². The second-order valence-corrected chi connectivity index (χ2v) is 6.94. The van der Waals surface area contributed by atoms with E-state index in [0.29, 0.717) is 6.42 Å². The van der Waals surface area contributed by atoms with Gasteiger partial charge in [-0.2, -0.15) is 0 Å². The van der Waals surface area contributed by atoms with Gasteiger partial charge in [0.05, 0.1) is 12.5 Å². The van der Waals surface area contributed by atoms with Gasteiger partial charge in [0.25, 0.3) is 0 Å². The molecule has 4 heteroatoms. The molecule has 1 aromatic heterocycles. The maximum absolute atomic E-state index is 11.7. The van der Waals surface area contributed by atoms with E-state index in [-0.39, 0.29) is 5.97 Å². The van der Waals surface area contributed by atoms with Gasteiger partial charge in [-0.25, -0.2) is 0 Å². The van der Waals surface area contributed by atoms with Gasteiger partial charge in [-0.3, -0.25) is 4.79 Å². The molecule has 0 unspecified atom stereocenters. The van der Waals surface area contributed by atoms with Crippen LogP contribution in [0.2, 0.25) is 0 Å². The number of ether oxygens (including phenoxy) is 1. The van der Waals surface area contributed by atoms with Crippen molar-refractivity contribution >= 4 is 43.3 Å². The van der Waals surface area contributed by atoms with E-state index in [4.69, 9.17) is 4.74 Å². The molecule has 0 fully saturated rings. The predicted octanol–water partition coefficient (Wildman–Crippen LogP) is 4.41. The fraction of sp³-hybridized carbons (Fsp3) is 0.357. The normalized spacial score (nSPS) is 11.8. The standard InChI is InChI=1S/C14H15BrO2S/c1-14(2,13(16)17-3)8-9-7-10-11(15)5-4-6-12(10)18-9/h4-7H,8H2,1-3H3. The van der Waals surface area contributed by atoms with Crippen molar-refractivity contribution in [2.24, 2.45) is 5.41 Å². The van der Waals surface area contributed by atoms with E-state index < -0.39 is 5.41 Å². The lowest BCUT2D eigenvalue weighted by Crippen LogP contribution is -2.27. The van der Waals surface area contributed by atoms with Crippen molar-refractivity contribution in [3.8, 4) is 0 Å². The van der Waals surface area contributed by atoms with Crippen molar-refractivity contribution in [1.29, 1.82) is 0 Å². The second kappa shape index (κ2) is 5.02. The van der Waals surface area contributed by atoms with Crippen LogP contribution >= 0.6 is 27.3 Å². The molecule has 0 N–H and O–H groups in total. The Kier molecular flexibility index (Phi) is 3.78. The number of carbonyl (C=O) groups is 1. The van der Waals surface area contributed by atoms with Crippen LogP contribution in [0.4, 0.5) is 0 Å². The quantitative estimate of drug-likeness (QED) is 0.781. The minimum absolute atomic E-state index is 0.168. The zero-order valence-electron chi connectivity index (χ0n) is 10.6. The fourth-order valence-corrected chi connectivity index (χ4v) is 3.88. The third kappa shape index (κ3) is 2.59. The van der Waals surface area contributed by atoms with Crippen LogP contribution in [-0.4, -0.2) is 13.1 Å². The van der Waals surface area contributed by atoms with Gasteiger partial charge < -0.3 is 4.74 Å². The summed E-state index contributed by atoms with van der Waals surface area (Å²) >= 11 is 5.28. The van der Waals surface area contributed by atoms with Gasteiger partial charge >= 0.3 is 5.97 Å². The van der Waals surface area contributed by atoms with E-state index in [1.54, 1.807) is 11.3 Å². The average Bonchev–Trinajstić information content (AvgIpc) is 2.71. The third-order valence-corrected chi connectivity index (χ3v) is 4.71. The lowest BCUT2D eigenvalue weighted by molar-refractivity contribution is -0.150. The molecule has 0 saturated heterocycles. The number of fused-ring (bicyclic) bond motifs is 1. The molecule has 1 aromatic carbocycles. The summed E-state index contributed by atoms with van der Waals surface area (Å²) < 4.78 is 7.17. The number of thiophene rings is 1. The van der Waals surface area contributed by atoms with E-state index in [9.17, 15) is 4.79 Å². The van der Waals surface area contributed by atoms with Crippen LogP contribution in [0, 0.1) is 5.41 Å². The molecule has 0 radical (unpaired) electrons. The monoisotopic (exact) mass is 326 g/mol. The van der Waals surface area contributed by atoms with Crippen molar-refractivity contribution in [3.05, 3.63) is 33.6 Å². The van der Waals surface area contributed by atoms with Gasteiger partial charge in [0.2, 0.25) is 0 Å². The summed E-state index contributed by atoms with van der Waals surface area (Å²) in [5.74, 6) is -0.168. The number of carbonyl (C=O) groups excluding carboxylic acids is 1. The molecular weight excluding hydrogens is 312 g/mol. The van der Waals surface area contributed by atoms with Gasteiger partial charge in [-0.05, 0) is 38.5 Å². The average molecular weight is 327 g/mol. The lowest BCUT2D eigenvalue weighted by atomic mass is 9.89. The number of esters is 1. The van der Waals surface area contributed by atoms with E-state index >= 15 is 0 Å². The first-order chi connectivity index (χ1) is 8.44. The Bertz CT molecular complexity index is 586. The van der Waals surface area contributed by atoms with Crippen LogP contribution < -0.4 is 0 Å². The van der Waals surface area contributed by atoms with Gasteiger partial charge in [0.15, 0.2) is 0 Å². The molecule has 2 rings (SSSR count). The number of hydrogen-bond acceptors (Lipinski definition) is 3. The summed E-state index contributed by atoms with van der Waals surface area (Å²) in [6.45, 7) is 3.83. The lowest BCUT2D eigenvalue weighted by Gasteiger charge is -2.20. The largest absolute Gasteiger partial charge is 0.469 e. The minimum Gasteiger partial charge on any atom is -0.469 e. The van der Waals surface area contributed by atoms with Gasteiger partial charge in [-0.15, -0.1) is 11.3 Å². The topological polar surface area (TPSA) is 26.3 Å². The second-order valence-electron chi connectivity index (χ2n) is 4.92. The maximum atomic E-state index is 11.7. The number of hydrogen-bond donors (Lipinski definition) is 0. The van der Waals surface area contributed by atoms with Crippen molar-refractivity contribution in [3.63, 3.8) is 0 Å². The maximum Gasteiger partial charge on any atom is 0.311 e. The summed E-state index contributed by atoms with van der Waals surface area (Å²) in [6, 6.07) is 8.30. The highest BCUT2D eigenvalue weighted by Crippen LogP contribution is 2.34. The Morgan fingerprint density at radius 3 is 2.78 bits per heavy atom. The van der Waals surface area contributed by atoms with Crippen LogP contribution in [0.25, 0.3) is 10.1 Å². The first-order valence-corrected chi connectivity index (χ1v) is 7.30. The van der Waals surface area contributed by atoms with Crippen molar-refractivity contribution < 1.29 is 9.53 Å². The first-order valence-electron chi connectivity index (χ1n) is 5.69. The summed E-state index contributed by atoms with van der Waals surface area (Å²) in [4.78, 5) is 12.9. The Morgan fingerprint density at radius 2 is 2.17 bits per heavy atom. The molecule has 0 aliphatic carbocycles. The van der Waals surface area contributed by atoms with Gasteiger partial charge in [-0.1, -0.05) is 22.0 Å². The molecule has 0 atom stereocenters. The highest BCUT2D eigenvalue weighted by atomic mass is 79.9. The van der Waals surface area contributed by atoms with E-state index in [2.05, 4.69) is 28.1 Å². The molecule has 0 bridgehead atoms. The Hall–Kier alpha value is -0.870. The number of halogens is 1. The zero-order chi connectivity index (χ0) is 13.3. The molecule has 1 heterocycles. The Balaban J connectivity index is 2.33. The highest BCUT2D eigenvalue weighted by Gasteiger charge is 2.29. The van der Waals surface area contributed by atoms with Crippen molar-refractivity contribution in [2.75, 3.05) is 7.11 Å². The third-order valence-electron chi connectivity index (χ3n) is 2.91. The Morgan fingerprint density at radius 1 is 1.44 bits per heavy atom. The summed E-state index contributed by atoms with van der Waals surface area (Å²) in [6.07, 6.45) is 0.700. The molecule has 0 aliphatic heterocycles. The summed E-state index contributed by atoms with van der Waals surface area (Å²) in [5.41, 5.74) is -0.484. The van der Waals surface area contributed by atoms with Gasteiger partial charge in [0.1, 0.15) is 0 Å². The van der Waals surface area contributed by atoms with Gasteiger partial charge in [0, 0.05) is 19.4 Å². The number of rotatable bonds is 3. The molecule has 2 nitrogen and oxygen atoms in total. The minimum atomic E-state index is -0.484. The smallest absolute Gasteiger partial charge is 0.311 e.